The molecule has 0 saturated heterocycles. The van der Waals surface area contributed by atoms with Crippen molar-refractivity contribution in [3.63, 3.8) is 0 Å². The molecule has 2 fully saturated rings. The van der Waals surface area contributed by atoms with Gasteiger partial charge in [-0.2, -0.15) is 0 Å². The molecule has 2 aliphatic carbocycles. The second-order valence-corrected chi connectivity index (χ2v) is 7.73. The molecule has 2 aromatic rings. The zero-order chi connectivity index (χ0) is 17.2. The van der Waals surface area contributed by atoms with Crippen molar-refractivity contribution in [3.05, 3.63) is 71.8 Å². The van der Waals surface area contributed by atoms with E-state index in [0.29, 0.717) is 30.3 Å². The Labute approximate surface area is 150 Å². The largest absolute Gasteiger partial charge is 0.461 e. The minimum Gasteiger partial charge on any atom is -0.461 e. The molecule has 0 aromatic heterocycles. The highest BCUT2D eigenvalue weighted by molar-refractivity contribution is 5.74. The van der Waals surface area contributed by atoms with Gasteiger partial charge < -0.3 is 4.74 Å². The van der Waals surface area contributed by atoms with Crippen molar-refractivity contribution in [2.24, 2.45) is 23.7 Å². The molecule has 2 bridgehead atoms. The van der Waals surface area contributed by atoms with E-state index in [4.69, 9.17) is 4.74 Å². The maximum atomic E-state index is 12.9. The lowest BCUT2D eigenvalue weighted by Gasteiger charge is -2.34. The number of fused-ring (bicyclic) bond motifs is 2. The number of benzene rings is 2. The summed E-state index contributed by atoms with van der Waals surface area (Å²) in [4.78, 5) is 12.9. The molecule has 4 rings (SSSR count). The fourth-order valence-electron chi connectivity index (χ4n) is 5.21. The third kappa shape index (κ3) is 3.22. The second-order valence-electron chi connectivity index (χ2n) is 7.73. The predicted molar refractivity (Wildman–Crippen MR) is 98.9 cm³/mol. The smallest absolute Gasteiger partial charge is 0.309 e. The van der Waals surface area contributed by atoms with E-state index in [1.807, 2.05) is 30.3 Å². The first-order valence-corrected chi connectivity index (χ1v) is 9.49. The van der Waals surface area contributed by atoms with Crippen LogP contribution in [0.25, 0.3) is 0 Å². The average Bonchev–Trinajstić information content (AvgIpc) is 3.28. The molecular formula is C23H26O2. The second kappa shape index (κ2) is 7.03. The van der Waals surface area contributed by atoms with E-state index in [9.17, 15) is 4.79 Å². The van der Waals surface area contributed by atoms with E-state index >= 15 is 0 Å². The van der Waals surface area contributed by atoms with Crippen LogP contribution in [0.15, 0.2) is 60.7 Å². The van der Waals surface area contributed by atoms with Crippen molar-refractivity contribution in [2.75, 3.05) is 0 Å². The van der Waals surface area contributed by atoms with Crippen molar-refractivity contribution in [1.82, 2.24) is 0 Å². The summed E-state index contributed by atoms with van der Waals surface area (Å²) in [7, 11) is 0. The van der Waals surface area contributed by atoms with Gasteiger partial charge in [-0.25, -0.2) is 0 Å². The third-order valence-electron chi connectivity index (χ3n) is 6.38. The fourth-order valence-corrected chi connectivity index (χ4v) is 5.21. The van der Waals surface area contributed by atoms with Crippen LogP contribution in [0.3, 0.4) is 0 Å². The number of ether oxygens (including phenoxy) is 1. The van der Waals surface area contributed by atoms with Crippen molar-refractivity contribution in [1.29, 1.82) is 0 Å². The van der Waals surface area contributed by atoms with Crippen LogP contribution in [0.2, 0.25) is 0 Å². The summed E-state index contributed by atoms with van der Waals surface area (Å²) < 4.78 is 5.74. The summed E-state index contributed by atoms with van der Waals surface area (Å²) in [6, 6.07) is 20.6. The van der Waals surface area contributed by atoms with Gasteiger partial charge in [-0.15, -0.1) is 0 Å². The summed E-state index contributed by atoms with van der Waals surface area (Å²) >= 11 is 0. The van der Waals surface area contributed by atoms with Crippen LogP contribution in [0.1, 0.15) is 43.2 Å². The highest BCUT2D eigenvalue weighted by Crippen LogP contribution is 2.57. The molecule has 0 radical (unpaired) electrons. The molecule has 2 saturated carbocycles. The lowest BCUT2D eigenvalue weighted by Crippen LogP contribution is -2.34. The van der Waals surface area contributed by atoms with Gasteiger partial charge in [0.2, 0.25) is 0 Å². The van der Waals surface area contributed by atoms with Crippen LogP contribution in [0, 0.1) is 23.7 Å². The van der Waals surface area contributed by atoms with E-state index < -0.39 is 0 Å². The Kier molecular flexibility index (Phi) is 4.61. The fraction of sp³-hybridized carbons (Fsp3) is 0.435. The Hall–Kier alpha value is -2.09. The van der Waals surface area contributed by atoms with Crippen LogP contribution in [0.5, 0.6) is 0 Å². The topological polar surface area (TPSA) is 26.3 Å². The number of carbonyl (C=O) groups excluding carboxylic acids is 1. The van der Waals surface area contributed by atoms with E-state index in [2.05, 4.69) is 37.3 Å². The average molecular weight is 334 g/mol. The quantitative estimate of drug-likeness (QED) is 0.703. The van der Waals surface area contributed by atoms with Crippen LogP contribution >= 0.6 is 0 Å². The highest BCUT2D eigenvalue weighted by Gasteiger charge is 2.53. The summed E-state index contributed by atoms with van der Waals surface area (Å²) in [5, 5.41) is 0. The normalized spacial score (nSPS) is 28.7. The van der Waals surface area contributed by atoms with Crippen molar-refractivity contribution in [3.8, 4) is 0 Å². The molecule has 0 amide bonds. The molecule has 2 aliphatic rings. The molecule has 0 aliphatic heterocycles. The zero-order valence-corrected chi connectivity index (χ0v) is 14.8. The Morgan fingerprint density at radius 1 is 1.00 bits per heavy atom. The predicted octanol–water partition coefficient (Wildman–Crippen LogP) is 5.20. The molecule has 25 heavy (non-hydrogen) atoms. The zero-order valence-electron chi connectivity index (χ0n) is 14.8. The van der Waals surface area contributed by atoms with Crippen LogP contribution in [-0.2, 0) is 16.1 Å². The van der Waals surface area contributed by atoms with Crippen LogP contribution in [-0.4, -0.2) is 5.97 Å². The number of esters is 1. The molecule has 5 atom stereocenters. The molecule has 0 N–H and O–H groups in total. The molecule has 0 spiro atoms. The van der Waals surface area contributed by atoms with Gasteiger partial charge in [-0.3, -0.25) is 4.79 Å². The third-order valence-corrected chi connectivity index (χ3v) is 6.38. The Morgan fingerprint density at radius 2 is 1.64 bits per heavy atom. The van der Waals surface area contributed by atoms with Gasteiger partial charge in [0, 0.05) is 0 Å². The molecule has 2 aromatic carbocycles. The molecule has 2 unspecified atom stereocenters. The van der Waals surface area contributed by atoms with Gasteiger partial charge in [-0.1, -0.05) is 67.6 Å². The van der Waals surface area contributed by atoms with E-state index in [1.165, 1.54) is 24.8 Å². The van der Waals surface area contributed by atoms with E-state index in [1.54, 1.807) is 0 Å². The summed E-state index contributed by atoms with van der Waals surface area (Å²) in [6.45, 7) is 2.68. The lowest BCUT2D eigenvalue weighted by molar-refractivity contribution is -0.154. The van der Waals surface area contributed by atoms with Crippen LogP contribution in [0.4, 0.5) is 0 Å². The van der Waals surface area contributed by atoms with E-state index in [-0.39, 0.29) is 11.9 Å². The minimum atomic E-state index is 0.0174. The molecule has 2 heteroatoms. The summed E-state index contributed by atoms with van der Waals surface area (Å²) in [6.07, 6.45) is 3.66. The summed E-state index contributed by atoms with van der Waals surface area (Å²) in [5.41, 5.74) is 2.41. The number of carbonyl (C=O) groups is 1. The van der Waals surface area contributed by atoms with Gasteiger partial charge >= 0.3 is 5.97 Å². The first kappa shape index (κ1) is 16.4. The van der Waals surface area contributed by atoms with Gasteiger partial charge in [0.25, 0.3) is 0 Å². The SMILES string of the molecule is C[C@H](c1ccccc1)C1[C@@H]2CCC(C2)[C@H]1C(=O)OCc1ccccc1. The molecule has 130 valence electrons. The minimum absolute atomic E-state index is 0.0174. The Morgan fingerprint density at radius 3 is 2.36 bits per heavy atom. The van der Waals surface area contributed by atoms with Crippen molar-refractivity contribution < 1.29 is 9.53 Å². The molecule has 0 heterocycles. The van der Waals surface area contributed by atoms with E-state index in [0.717, 1.165) is 5.56 Å². The first-order valence-electron chi connectivity index (χ1n) is 9.49. The Bertz CT molecular complexity index is 709. The lowest BCUT2D eigenvalue weighted by atomic mass is 9.71. The Balaban J connectivity index is 1.49. The number of hydrogen-bond donors (Lipinski definition) is 0. The highest BCUT2D eigenvalue weighted by atomic mass is 16.5. The first-order chi connectivity index (χ1) is 12.2. The van der Waals surface area contributed by atoms with Crippen LogP contribution < -0.4 is 0 Å². The number of hydrogen-bond acceptors (Lipinski definition) is 2. The standard InChI is InChI=1S/C23H26O2/c1-16(18-10-6-3-7-11-18)21-19-12-13-20(14-19)22(21)23(24)25-15-17-8-4-2-5-9-17/h2-11,16,19-22H,12-15H2,1H3/t16-,19-,20?,21?,22-/m1/s1. The number of rotatable bonds is 5. The molecule has 2 nitrogen and oxygen atoms in total. The van der Waals surface area contributed by atoms with Gasteiger partial charge in [0.15, 0.2) is 0 Å². The van der Waals surface area contributed by atoms with Gasteiger partial charge in [-0.05, 0) is 54.1 Å². The maximum absolute atomic E-state index is 12.9. The van der Waals surface area contributed by atoms with Crippen molar-refractivity contribution >= 4 is 5.97 Å². The molecular weight excluding hydrogens is 308 g/mol. The monoisotopic (exact) mass is 334 g/mol. The maximum Gasteiger partial charge on any atom is 0.309 e. The van der Waals surface area contributed by atoms with Gasteiger partial charge in [0.05, 0.1) is 5.92 Å². The summed E-state index contributed by atoms with van der Waals surface area (Å²) in [5.74, 6) is 2.11. The van der Waals surface area contributed by atoms with Crippen molar-refractivity contribution in [2.45, 2.75) is 38.7 Å². The van der Waals surface area contributed by atoms with Gasteiger partial charge in [0.1, 0.15) is 6.61 Å².